The molecule has 0 saturated heterocycles. The third kappa shape index (κ3) is 8.28. The summed E-state index contributed by atoms with van der Waals surface area (Å²) in [5.41, 5.74) is 10.0. The molecule has 0 amide bonds. The Kier molecular flexibility index (Phi) is 9.46. The summed E-state index contributed by atoms with van der Waals surface area (Å²) >= 11 is 0. The largest absolute Gasteiger partial charge is 0.370 e. The molecule has 140 valence electrons. The Hall–Kier alpha value is -2.89. The predicted molar refractivity (Wildman–Crippen MR) is 110 cm³/mol. The number of rotatable bonds is 4. The molecule has 2 rings (SSSR count). The van der Waals surface area contributed by atoms with Crippen LogP contribution in [0.4, 0.5) is 5.95 Å². The molecule has 0 atom stereocenters. The van der Waals surface area contributed by atoms with Crippen LogP contribution in [0.3, 0.4) is 0 Å². The first-order chi connectivity index (χ1) is 12.5. The summed E-state index contributed by atoms with van der Waals surface area (Å²) in [5.74, 6) is 0.791. The zero-order chi connectivity index (χ0) is 19.4. The molecule has 26 heavy (non-hydrogen) atoms. The fourth-order valence-electron chi connectivity index (χ4n) is 2.15. The summed E-state index contributed by atoms with van der Waals surface area (Å²) in [6.07, 6.45) is 4.64. The molecule has 0 aliphatic carbocycles. The highest BCUT2D eigenvalue weighted by atomic mass is 15.2. The Balaban J connectivity index is 0.00000163. The van der Waals surface area contributed by atoms with Gasteiger partial charge in [-0.15, -0.1) is 0 Å². The number of aromatic nitrogens is 3. The van der Waals surface area contributed by atoms with Gasteiger partial charge in [0, 0.05) is 30.3 Å². The Morgan fingerprint density at radius 3 is 2.50 bits per heavy atom. The molecule has 2 heterocycles. The third-order valence-corrected chi connectivity index (χ3v) is 3.29. The van der Waals surface area contributed by atoms with Crippen molar-refractivity contribution in [2.24, 2.45) is 10.7 Å². The van der Waals surface area contributed by atoms with Crippen molar-refractivity contribution in [1.29, 1.82) is 0 Å². The average molecular weight is 355 g/mol. The third-order valence-electron chi connectivity index (χ3n) is 3.29. The standard InChI is InChI=1S/C18H24N6.C2H6/c1-13-5-4-9-20-12-16(7-6-13)8-10-21-17(19)24-18-22-14(2)11-15(3)23-18;1-2/h4-7,9,11-12,20H,8,10H2,1-3H3,(H3,19,21,22,23,24);1-2H3. The van der Waals surface area contributed by atoms with Gasteiger partial charge in [0.1, 0.15) is 0 Å². The van der Waals surface area contributed by atoms with E-state index in [1.165, 1.54) is 5.56 Å². The van der Waals surface area contributed by atoms with Crippen LogP contribution in [0.25, 0.3) is 0 Å². The zero-order valence-corrected chi connectivity index (χ0v) is 16.4. The molecule has 4 N–H and O–H groups in total. The van der Waals surface area contributed by atoms with Crippen molar-refractivity contribution in [3.63, 3.8) is 0 Å². The molecule has 0 saturated carbocycles. The number of aromatic amines is 1. The number of guanidine groups is 1. The predicted octanol–water partition coefficient (Wildman–Crippen LogP) is 3.85. The van der Waals surface area contributed by atoms with E-state index in [-0.39, 0.29) is 0 Å². The van der Waals surface area contributed by atoms with Gasteiger partial charge in [-0.1, -0.05) is 37.6 Å². The van der Waals surface area contributed by atoms with E-state index in [0.29, 0.717) is 18.5 Å². The minimum absolute atomic E-state index is 0.316. The molecule has 0 aromatic carbocycles. The average Bonchev–Trinajstić information content (AvgIpc) is 2.68. The highest BCUT2D eigenvalue weighted by Crippen LogP contribution is 2.03. The number of aliphatic imine (C=N–C) groups is 1. The Labute approximate surface area is 156 Å². The van der Waals surface area contributed by atoms with Gasteiger partial charge < -0.3 is 10.7 Å². The van der Waals surface area contributed by atoms with Crippen LogP contribution in [0.2, 0.25) is 0 Å². The van der Waals surface area contributed by atoms with E-state index < -0.39 is 0 Å². The molecule has 0 spiro atoms. The molecule has 0 fully saturated rings. The summed E-state index contributed by atoms with van der Waals surface area (Å²) in [6.45, 7) is 10.5. The van der Waals surface area contributed by atoms with Crippen LogP contribution in [-0.4, -0.2) is 27.5 Å². The topological polar surface area (TPSA) is 92.0 Å². The first-order valence-electron chi connectivity index (χ1n) is 8.89. The van der Waals surface area contributed by atoms with E-state index in [1.807, 2.05) is 58.3 Å². The molecule has 0 unspecified atom stereocenters. The van der Waals surface area contributed by atoms with Crippen molar-refractivity contribution in [1.82, 2.24) is 15.0 Å². The summed E-state index contributed by atoms with van der Waals surface area (Å²) < 4.78 is 0. The van der Waals surface area contributed by atoms with E-state index in [9.17, 15) is 0 Å². The van der Waals surface area contributed by atoms with Crippen LogP contribution in [0.5, 0.6) is 0 Å². The Morgan fingerprint density at radius 1 is 1.12 bits per heavy atom. The van der Waals surface area contributed by atoms with Gasteiger partial charge in [-0.05, 0) is 44.9 Å². The number of hydrogen-bond acceptors (Lipinski definition) is 3. The Morgan fingerprint density at radius 2 is 1.81 bits per heavy atom. The van der Waals surface area contributed by atoms with Crippen LogP contribution >= 0.6 is 0 Å². The van der Waals surface area contributed by atoms with Gasteiger partial charge in [0.15, 0.2) is 5.96 Å². The van der Waals surface area contributed by atoms with E-state index in [1.54, 1.807) is 0 Å². The monoisotopic (exact) mass is 354 g/mol. The quantitative estimate of drug-likeness (QED) is 0.574. The first-order valence-corrected chi connectivity index (χ1v) is 8.89. The second kappa shape index (κ2) is 11.6. The number of aryl methyl sites for hydroxylation is 3. The van der Waals surface area contributed by atoms with Gasteiger partial charge in [0.2, 0.25) is 5.95 Å². The molecule has 0 bridgehead atoms. The van der Waals surface area contributed by atoms with Crippen molar-refractivity contribution < 1.29 is 0 Å². The summed E-state index contributed by atoms with van der Waals surface area (Å²) in [7, 11) is 0. The lowest BCUT2D eigenvalue weighted by Gasteiger charge is -2.05. The molecular weight excluding hydrogens is 324 g/mol. The maximum atomic E-state index is 5.91. The number of anilines is 1. The fraction of sp³-hybridized carbons (Fsp3) is 0.350. The molecule has 6 nitrogen and oxygen atoms in total. The van der Waals surface area contributed by atoms with Gasteiger partial charge in [-0.3, -0.25) is 10.3 Å². The lowest BCUT2D eigenvalue weighted by molar-refractivity contribution is 0.956. The van der Waals surface area contributed by atoms with Gasteiger partial charge in [0.05, 0.1) is 0 Å². The van der Waals surface area contributed by atoms with E-state index in [4.69, 9.17) is 5.73 Å². The number of nitrogens with two attached hydrogens (primary N) is 1. The van der Waals surface area contributed by atoms with Gasteiger partial charge >= 0.3 is 0 Å². The zero-order valence-electron chi connectivity index (χ0n) is 16.4. The molecule has 6 heteroatoms. The van der Waals surface area contributed by atoms with E-state index in [2.05, 4.69) is 44.3 Å². The molecule has 2 aromatic heterocycles. The van der Waals surface area contributed by atoms with Crippen LogP contribution in [-0.2, 0) is 6.42 Å². The fourth-order valence-corrected chi connectivity index (χ4v) is 2.15. The lowest BCUT2D eigenvalue weighted by Crippen LogP contribution is -2.24. The number of hydrogen-bond donors (Lipinski definition) is 3. The highest BCUT2D eigenvalue weighted by molar-refractivity contribution is 5.90. The van der Waals surface area contributed by atoms with E-state index in [0.717, 1.165) is 23.4 Å². The molecule has 0 aliphatic rings. The Bertz CT molecular complexity index is 742. The minimum Gasteiger partial charge on any atom is -0.370 e. The maximum absolute atomic E-state index is 5.91. The minimum atomic E-state index is 0.316. The van der Waals surface area contributed by atoms with Crippen molar-refractivity contribution in [3.8, 4) is 0 Å². The van der Waals surface area contributed by atoms with Crippen molar-refractivity contribution in [2.75, 3.05) is 11.9 Å². The number of nitrogens with zero attached hydrogens (tertiary/aromatic N) is 3. The van der Waals surface area contributed by atoms with Gasteiger partial charge in [0.25, 0.3) is 0 Å². The van der Waals surface area contributed by atoms with Gasteiger partial charge in [-0.2, -0.15) is 0 Å². The second-order valence-corrected chi connectivity index (χ2v) is 5.61. The van der Waals surface area contributed by atoms with Crippen LogP contribution < -0.4 is 11.1 Å². The highest BCUT2D eigenvalue weighted by Gasteiger charge is 2.00. The second-order valence-electron chi connectivity index (χ2n) is 5.61. The van der Waals surface area contributed by atoms with Crippen LogP contribution in [0.1, 0.15) is 36.4 Å². The lowest BCUT2D eigenvalue weighted by atomic mass is 10.2. The molecular formula is C20H30N6. The molecule has 0 aliphatic heterocycles. The maximum Gasteiger partial charge on any atom is 0.229 e. The smallest absolute Gasteiger partial charge is 0.229 e. The number of nitrogens with one attached hydrogen (secondary N) is 2. The summed E-state index contributed by atoms with van der Waals surface area (Å²) in [6, 6.07) is 10.1. The summed E-state index contributed by atoms with van der Waals surface area (Å²) in [5, 5.41) is 2.93. The number of H-pyrrole nitrogens is 1. The van der Waals surface area contributed by atoms with Crippen molar-refractivity contribution >= 4 is 11.9 Å². The van der Waals surface area contributed by atoms with Crippen molar-refractivity contribution in [2.45, 2.75) is 41.0 Å². The SMILES string of the molecule is CC.Cc1ccc[nH]cc(CCN=C(N)Nc2nc(C)cc(C)n2)cc1. The van der Waals surface area contributed by atoms with Gasteiger partial charge in [-0.25, -0.2) is 9.97 Å². The summed E-state index contributed by atoms with van der Waals surface area (Å²) in [4.78, 5) is 16.0. The van der Waals surface area contributed by atoms with E-state index >= 15 is 0 Å². The van der Waals surface area contributed by atoms with Crippen molar-refractivity contribution in [3.05, 3.63) is 65.2 Å². The normalized spacial score (nSPS) is 10.4. The first kappa shape index (κ1) is 21.2. The van der Waals surface area contributed by atoms with Crippen LogP contribution in [0, 0.1) is 20.8 Å². The molecule has 0 radical (unpaired) electrons. The molecule has 2 aromatic rings. The van der Waals surface area contributed by atoms with Crippen LogP contribution in [0.15, 0.2) is 47.7 Å².